The van der Waals surface area contributed by atoms with Crippen LogP contribution in [0.4, 0.5) is 15.8 Å². The van der Waals surface area contributed by atoms with Crippen molar-refractivity contribution in [2.24, 2.45) is 0 Å². The third kappa shape index (κ3) is 3.77. The number of H-pyrrole nitrogens is 1. The van der Waals surface area contributed by atoms with E-state index >= 15 is 0 Å². The topological polar surface area (TPSA) is 70.2 Å². The smallest absolute Gasteiger partial charge is 0.266 e. The van der Waals surface area contributed by atoms with Gasteiger partial charge < -0.3 is 10.1 Å². The molecule has 1 aliphatic rings. The molecule has 0 aliphatic carbocycles. The highest BCUT2D eigenvalue weighted by Gasteiger charge is 2.24. The summed E-state index contributed by atoms with van der Waals surface area (Å²) < 4.78 is 19.2. The fourth-order valence-corrected chi connectivity index (χ4v) is 3.41. The van der Waals surface area contributed by atoms with E-state index in [4.69, 9.17) is 16.3 Å². The first-order valence-corrected chi connectivity index (χ1v) is 9.22. The Balaban J connectivity index is 1.73. The molecule has 28 heavy (non-hydrogen) atoms. The Labute approximate surface area is 166 Å². The van der Waals surface area contributed by atoms with Crippen LogP contribution in [0, 0.1) is 5.82 Å². The Morgan fingerprint density at radius 3 is 2.71 bits per heavy atom. The number of hydrogen-bond donors (Lipinski definition) is 2. The van der Waals surface area contributed by atoms with Crippen molar-refractivity contribution in [2.75, 3.05) is 24.6 Å². The van der Waals surface area contributed by atoms with Crippen LogP contribution in [0.2, 0.25) is 5.02 Å². The molecule has 6 nitrogen and oxygen atoms in total. The number of rotatable bonds is 4. The molecule has 2 heterocycles. The van der Waals surface area contributed by atoms with Gasteiger partial charge >= 0.3 is 0 Å². The standard InChI is InChI=1S/C20H18ClFN4O2/c21-17-9-13(19-12-23-7-8-28-19)1-6-18(17)26(16-4-2-15(22)3-5-16)20(27)14-10-24-25-11-14/h1-6,9-11,19,23H,7-8,12H2,(H,24,25)/t19-/m0/s1. The zero-order valence-electron chi connectivity index (χ0n) is 14.9. The zero-order chi connectivity index (χ0) is 19.5. The maximum absolute atomic E-state index is 13.4. The quantitative estimate of drug-likeness (QED) is 0.698. The molecular formula is C20H18ClFN4O2. The lowest BCUT2D eigenvalue weighted by Crippen LogP contribution is -2.33. The molecular weight excluding hydrogens is 383 g/mol. The van der Waals surface area contributed by atoms with Crippen LogP contribution in [0.25, 0.3) is 0 Å². The van der Waals surface area contributed by atoms with Gasteiger partial charge in [-0.2, -0.15) is 5.10 Å². The molecule has 0 radical (unpaired) electrons. The van der Waals surface area contributed by atoms with Crippen molar-refractivity contribution in [3.63, 3.8) is 0 Å². The normalized spacial score (nSPS) is 16.7. The predicted molar refractivity (Wildman–Crippen MR) is 104 cm³/mol. The molecule has 3 aromatic rings. The first kappa shape index (κ1) is 18.6. The molecule has 8 heteroatoms. The van der Waals surface area contributed by atoms with Crippen molar-refractivity contribution in [3.8, 4) is 0 Å². The van der Waals surface area contributed by atoms with Crippen LogP contribution in [-0.2, 0) is 4.74 Å². The second-order valence-corrected chi connectivity index (χ2v) is 6.79. The molecule has 0 unspecified atom stereocenters. The Morgan fingerprint density at radius 1 is 1.25 bits per heavy atom. The number of halogens is 2. The first-order valence-electron chi connectivity index (χ1n) is 8.84. The van der Waals surface area contributed by atoms with Gasteiger partial charge in [0.2, 0.25) is 0 Å². The van der Waals surface area contributed by atoms with Crippen molar-refractivity contribution in [1.82, 2.24) is 15.5 Å². The summed E-state index contributed by atoms with van der Waals surface area (Å²) >= 11 is 6.56. The summed E-state index contributed by atoms with van der Waals surface area (Å²) in [6.07, 6.45) is 2.84. The van der Waals surface area contributed by atoms with Gasteiger partial charge in [-0.15, -0.1) is 0 Å². The lowest BCUT2D eigenvalue weighted by molar-refractivity contribution is 0.0277. The van der Waals surface area contributed by atoms with Gasteiger partial charge in [-0.25, -0.2) is 4.39 Å². The molecule has 144 valence electrons. The fraction of sp³-hybridized carbons (Fsp3) is 0.200. The number of carbonyl (C=O) groups excluding carboxylic acids is 1. The van der Waals surface area contributed by atoms with Gasteiger partial charge in [0.25, 0.3) is 5.91 Å². The molecule has 0 bridgehead atoms. The number of aromatic nitrogens is 2. The van der Waals surface area contributed by atoms with Gasteiger partial charge in [-0.3, -0.25) is 14.8 Å². The molecule has 4 rings (SSSR count). The molecule has 2 N–H and O–H groups in total. The number of nitrogens with one attached hydrogen (secondary N) is 2. The summed E-state index contributed by atoms with van der Waals surface area (Å²) in [5.74, 6) is -0.714. The Kier molecular flexibility index (Phi) is 5.38. The number of nitrogens with zero attached hydrogens (tertiary/aromatic N) is 2. The van der Waals surface area contributed by atoms with Crippen molar-refractivity contribution < 1.29 is 13.9 Å². The second-order valence-electron chi connectivity index (χ2n) is 6.38. The average molecular weight is 401 g/mol. The van der Waals surface area contributed by atoms with E-state index in [0.29, 0.717) is 35.1 Å². The highest BCUT2D eigenvalue weighted by Crippen LogP contribution is 2.35. The highest BCUT2D eigenvalue weighted by atomic mass is 35.5. The minimum atomic E-state index is -0.386. The molecule has 1 aromatic heterocycles. The number of anilines is 2. The van der Waals surface area contributed by atoms with Crippen LogP contribution in [0.1, 0.15) is 22.0 Å². The van der Waals surface area contributed by atoms with Crippen molar-refractivity contribution in [3.05, 3.63) is 76.8 Å². The summed E-state index contributed by atoms with van der Waals surface area (Å²) in [5, 5.41) is 10.1. The van der Waals surface area contributed by atoms with Crippen molar-refractivity contribution in [1.29, 1.82) is 0 Å². The Hall–Kier alpha value is -2.74. The van der Waals surface area contributed by atoms with Crippen LogP contribution in [-0.4, -0.2) is 35.8 Å². The molecule has 1 atom stereocenters. The molecule has 0 spiro atoms. The van der Waals surface area contributed by atoms with E-state index in [1.807, 2.05) is 6.07 Å². The maximum atomic E-state index is 13.4. The van der Waals surface area contributed by atoms with Crippen molar-refractivity contribution in [2.45, 2.75) is 6.10 Å². The summed E-state index contributed by atoms with van der Waals surface area (Å²) in [7, 11) is 0. The fourth-order valence-electron chi connectivity index (χ4n) is 3.14. The van der Waals surface area contributed by atoms with E-state index in [-0.39, 0.29) is 17.8 Å². The minimum absolute atomic E-state index is 0.0934. The Morgan fingerprint density at radius 2 is 2.07 bits per heavy atom. The largest absolute Gasteiger partial charge is 0.371 e. The number of amides is 1. The van der Waals surface area contributed by atoms with Crippen LogP contribution >= 0.6 is 11.6 Å². The second kappa shape index (κ2) is 8.10. The molecule has 1 fully saturated rings. The van der Waals surface area contributed by atoms with Crippen LogP contribution < -0.4 is 10.2 Å². The third-order valence-electron chi connectivity index (χ3n) is 4.55. The van der Waals surface area contributed by atoms with Gasteiger partial charge in [-0.05, 0) is 42.0 Å². The van der Waals surface area contributed by atoms with Crippen molar-refractivity contribution >= 4 is 28.9 Å². The number of benzene rings is 2. The third-order valence-corrected chi connectivity index (χ3v) is 4.85. The zero-order valence-corrected chi connectivity index (χ0v) is 15.6. The predicted octanol–water partition coefficient (Wildman–Crippen LogP) is 3.84. The minimum Gasteiger partial charge on any atom is -0.371 e. The van der Waals surface area contributed by atoms with Gasteiger partial charge in [0.15, 0.2) is 0 Å². The molecule has 1 saturated heterocycles. The van der Waals surface area contributed by atoms with E-state index in [0.717, 1.165) is 12.1 Å². The monoisotopic (exact) mass is 400 g/mol. The molecule has 1 amide bonds. The number of hydrogen-bond acceptors (Lipinski definition) is 4. The first-order chi connectivity index (χ1) is 13.6. The van der Waals surface area contributed by atoms with E-state index < -0.39 is 0 Å². The highest BCUT2D eigenvalue weighted by molar-refractivity contribution is 6.34. The number of aromatic amines is 1. The van der Waals surface area contributed by atoms with Gasteiger partial charge in [-0.1, -0.05) is 17.7 Å². The lowest BCUT2D eigenvalue weighted by atomic mass is 10.1. The summed E-state index contributed by atoms with van der Waals surface area (Å²) in [4.78, 5) is 14.6. The summed E-state index contributed by atoms with van der Waals surface area (Å²) in [6, 6.07) is 11.1. The van der Waals surface area contributed by atoms with E-state index in [2.05, 4.69) is 15.5 Å². The number of morpholine rings is 1. The molecule has 1 aliphatic heterocycles. The average Bonchev–Trinajstić information content (AvgIpc) is 3.26. The van der Waals surface area contributed by atoms with Gasteiger partial charge in [0, 0.05) is 25.0 Å². The van der Waals surface area contributed by atoms with E-state index in [1.54, 1.807) is 12.1 Å². The molecule has 2 aromatic carbocycles. The van der Waals surface area contributed by atoms with E-state index in [9.17, 15) is 9.18 Å². The Bertz CT molecular complexity index is 957. The number of ether oxygens (including phenoxy) is 1. The maximum Gasteiger partial charge on any atom is 0.266 e. The SMILES string of the molecule is O=C(c1cn[nH]c1)N(c1ccc(F)cc1)c1ccc([C@@H]2CNCCO2)cc1Cl. The summed E-state index contributed by atoms with van der Waals surface area (Å²) in [5.41, 5.74) is 2.28. The number of carbonyl (C=O) groups is 1. The lowest BCUT2D eigenvalue weighted by Gasteiger charge is -2.27. The van der Waals surface area contributed by atoms with Crippen LogP contribution in [0.5, 0.6) is 0 Å². The van der Waals surface area contributed by atoms with E-state index in [1.165, 1.54) is 41.6 Å². The molecule has 0 saturated carbocycles. The van der Waals surface area contributed by atoms with Crippen LogP contribution in [0.15, 0.2) is 54.9 Å². The van der Waals surface area contributed by atoms with Crippen LogP contribution in [0.3, 0.4) is 0 Å². The van der Waals surface area contributed by atoms with Gasteiger partial charge in [0.1, 0.15) is 5.82 Å². The summed E-state index contributed by atoms with van der Waals surface area (Å²) in [6.45, 7) is 2.15. The van der Waals surface area contributed by atoms with Gasteiger partial charge in [0.05, 0.1) is 35.2 Å².